The monoisotopic (exact) mass is 458 g/mol. The van der Waals surface area contributed by atoms with Gasteiger partial charge in [-0.25, -0.2) is 4.90 Å². The zero-order valence-corrected chi connectivity index (χ0v) is 18.2. The number of anilines is 1. The standard InChI is InChI=1S/C23H23ClN2O6/c1-32-18-8-2-15(3-9-18)12-13-25(20(27)10-11-22(29)30)19-14-21(28)26(23(19)31)17-6-4-16(24)5-7-17/h2-9,19H,10-14H2,1H3,(H,29,30)/t19-/m1/s1. The first-order valence-corrected chi connectivity index (χ1v) is 10.4. The molecular weight excluding hydrogens is 436 g/mol. The molecule has 1 aliphatic heterocycles. The summed E-state index contributed by atoms with van der Waals surface area (Å²) in [4.78, 5) is 51.9. The molecule has 0 radical (unpaired) electrons. The maximum absolute atomic E-state index is 13.1. The molecular formula is C23H23ClN2O6. The van der Waals surface area contributed by atoms with E-state index < -0.39 is 29.7 Å². The maximum Gasteiger partial charge on any atom is 0.303 e. The van der Waals surface area contributed by atoms with Crippen molar-refractivity contribution in [2.24, 2.45) is 0 Å². The maximum atomic E-state index is 13.1. The summed E-state index contributed by atoms with van der Waals surface area (Å²) in [6, 6.07) is 12.6. The van der Waals surface area contributed by atoms with E-state index in [1.807, 2.05) is 12.1 Å². The molecule has 2 aromatic rings. The van der Waals surface area contributed by atoms with Crippen molar-refractivity contribution in [1.82, 2.24) is 4.90 Å². The normalized spacial score (nSPS) is 15.7. The van der Waals surface area contributed by atoms with Crippen molar-refractivity contribution in [3.8, 4) is 5.75 Å². The molecule has 1 heterocycles. The van der Waals surface area contributed by atoms with E-state index in [1.165, 1.54) is 4.90 Å². The molecule has 3 rings (SSSR count). The van der Waals surface area contributed by atoms with Crippen LogP contribution in [0.3, 0.4) is 0 Å². The van der Waals surface area contributed by atoms with Crippen LogP contribution in [0, 0.1) is 0 Å². The predicted molar refractivity (Wildman–Crippen MR) is 118 cm³/mol. The number of hydrogen-bond acceptors (Lipinski definition) is 5. The van der Waals surface area contributed by atoms with Crippen molar-refractivity contribution >= 4 is 41.0 Å². The molecule has 3 amide bonds. The predicted octanol–water partition coefficient (Wildman–Crippen LogP) is 2.92. The average Bonchev–Trinajstić information content (AvgIpc) is 3.07. The van der Waals surface area contributed by atoms with Crippen LogP contribution in [0.15, 0.2) is 48.5 Å². The summed E-state index contributed by atoms with van der Waals surface area (Å²) in [5, 5.41) is 9.42. The Morgan fingerprint density at radius 1 is 1.09 bits per heavy atom. The zero-order valence-electron chi connectivity index (χ0n) is 17.5. The molecule has 0 bridgehead atoms. The Labute approximate surface area is 190 Å². The van der Waals surface area contributed by atoms with E-state index in [1.54, 1.807) is 43.5 Å². The van der Waals surface area contributed by atoms with Gasteiger partial charge in [0.2, 0.25) is 11.8 Å². The van der Waals surface area contributed by atoms with E-state index in [9.17, 15) is 19.2 Å². The SMILES string of the molecule is COc1ccc(CCN(C(=O)CCC(=O)O)[C@@H]2CC(=O)N(c3ccc(Cl)cc3)C2=O)cc1. The van der Waals surface area contributed by atoms with E-state index in [0.717, 1.165) is 10.5 Å². The number of carbonyl (C=O) groups excluding carboxylic acids is 3. The van der Waals surface area contributed by atoms with Crippen LogP contribution in [0.4, 0.5) is 5.69 Å². The minimum absolute atomic E-state index is 0.164. The first kappa shape index (κ1) is 23.3. The summed E-state index contributed by atoms with van der Waals surface area (Å²) in [7, 11) is 1.56. The Kier molecular flexibility index (Phi) is 7.48. The van der Waals surface area contributed by atoms with Gasteiger partial charge in [-0.15, -0.1) is 0 Å². The molecule has 1 atom stereocenters. The highest BCUT2D eigenvalue weighted by atomic mass is 35.5. The number of hydrogen-bond donors (Lipinski definition) is 1. The largest absolute Gasteiger partial charge is 0.497 e. The molecule has 2 aromatic carbocycles. The minimum atomic E-state index is -1.11. The van der Waals surface area contributed by atoms with Gasteiger partial charge < -0.3 is 14.7 Å². The van der Waals surface area contributed by atoms with Crippen LogP contribution in [0.1, 0.15) is 24.8 Å². The van der Waals surface area contributed by atoms with Crippen molar-refractivity contribution in [1.29, 1.82) is 0 Å². The van der Waals surface area contributed by atoms with Gasteiger partial charge in [0, 0.05) is 18.0 Å². The lowest BCUT2D eigenvalue weighted by molar-refractivity contribution is -0.143. The summed E-state index contributed by atoms with van der Waals surface area (Å²) in [5.41, 5.74) is 1.29. The molecule has 1 fully saturated rings. The summed E-state index contributed by atoms with van der Waals surface area (Å²) >= 11 is 5.89. The number of carboxylic acids is 1. The van der Waals surface area contributed by atoms with Crippen molar-refractivity contribution < 1.29 is 29.0 Å². The van der Waals surface area contributed by atoms with Gasteiger partial charge in [-0.1, -0.05) is 23.7 Å². The number of imide groups is 1. The number of methoxy groups -OCH3 is 1. The van der Waals surface area contributed by atoms with Gasteiger partial charge in [0.05, 0.1) is 25.6 Å². The number of benzene rings is 2. The Balaban J connectivity index is 1.80. The molecule has 32 heavy (non-hydrogen) atoms. The van der Waals surface area contributed by atoms with E-state index in [-0.39, 0.29) is 25.8 Å². The van der Waals surface area contributed by atoms with Gasteiger partial charge in [-0.2, -0.15) is 0 Å². The third kappa shape index (κ3) is 5.45. The number of ether oxygens (including phenoxy) is 1. The van der Waals surface area contributed by atoms with Gasteiger partial charge in [-0.3, -0.25) is 19.2 Å². The van der Waals surface area contributed by atoms with Gasteiger partial charge in [0.1, 0.15) is 11.8 Å². The molecule has 1 aliphatic rings. The molecule has 9 heteroatoms. The van der Waals surface area contributed by atoms with Crippen LogP contribution >= 0.6 is 11.6 Å². The van der Waals surface area contributed by atoms with Crippen LogP contribution in [-0.2, 0) is 25.6 Å². The Hall–Kier alpha value is -3.39. The highest BCUT2D eigenvalue weighted by molar-refractivity contribution is 6.30. The van der Waals surface area contributed by atoms with Crippen LogP contribution in [0.5, 0.6) is 5.75 Å². The quantitative estimate of drug-likeness (QED) is 0.579. The molecule has 0 aromatic heterocycles. The Morgan fingerprint density at radius 3 is 2.34 bits per heavy atom. The molecule has 0 saturated carbocycles. The number of carboxylic acid groups (broad SMARTS) is 1. The fraction of sp³-hybridized carbons (Fsp3) is 0.304. The van der Waals surface area contributed by atoms with Gasteiger partial charge in [0.25, 0.3) is 5.91 Å². The fourth-order valence-electron chi connectivity index (χ4n) is 3.57. The van der Waals surface area contributed by atoms with E-state index in [0.29, 0.717) is 22.9 Å². The van der Waals surface area contributed by atoms with Crippen LogP contribution < -0.4 is 9.64 Å². The van der Waals surface area contributed by atoms with Crippen molar-refractivity contribution in [2.45, 2.75) is 31.7 Å². The molecule has 0 spiro atoms. The average molecular weight is 459 g/mol. The van der Waals surface area contributed by atoms with Crippen LogP contribution in [0.25, 0.3) is 0 Å². The number of rotatable bonds is 9. The van der Waals surface area contributed by atoms with Crippen LogP contribution in [0.2, 0.25) is 5.02 Å². The molecule has 1 N–H and O–H groups in total. The third-order valence-electron chi connectivity index (χ3n) is 5.26. The zero-order chi connectivity index (χ0) is 23.3. The lowest BCUT2D eigenvalue weighted by atomic mass is 10.1. The smallest absolute Gasteiger partial charge is 0.303 e. The highest BCUT2D eigenvalue weighted by Gasteiger charge is 2.44. The number of halogens is 1. The number of amides is 3. The Morgan fingerprint density at radius 2 is 1.75 bits per heavy atom. The molecule has 168 valence electrons. The number of carbonyl (C=O) groups is 4. The fourth-order valence-corrected chi connectivity index (χ4v) is 3.70. The van der Waals surface area contributed by atoms with Gasteiger partial charge >= 0.3 is 5.97 Å². The third-order valence-corrected chi connectivity index (χ3v) is 5.51. The molecule has 8 nitrogen and oxygen atoms in total. The Bertz CT molecular complexity index is 1010. The lowest BCUT2D eigenvalue weighted by Crippen LogP contribution is -2.46. The summed E-state index contributed by atoms with van der Waals surface area (Å²) < 4.78 is 5.14. The van der Waals surface area contributed by atoms with Crippen molar-refractivity contribution in [2.75, 3.05) is 18.6 Å². The topological polar surface area (TPSA) is 104 Å². The van der Waals surface area contributed by atoms with E-state index in [2.05, 4.69) is 0 Å². The molecule has 1 saturated heterocycles. The van der Waals surface area contributed by atoms with Gasteiger partial charge in [-0.05, 0) is 48.4 Å². The van der Waals surface area contributed by atoms with Gasteiger partial charge in [0.15, 0.2) is 0 Å². The second-order valence-corrected chi connectivity index (χ2v) is 7.78. The minimum Gasteiger partial charge on any atom is -0.497 e. The second-order valence-electron chi connectivity index (χ2n) is 7.34. The molecule has 0 unspecified atom stereocenters. The molecule has 0 aliphatic carbocycles. The summed E-state index contributed by atoms with van der Waals surface area (Å²) in [6.45, 7) is 0.170. The summed E-state index contributed by atoms with van der Waals surface area (Å²) in [5.74, 6) is -1.84. The number of aliphatic carboxylic acids is 1. The lowest BCUT2D eigenvalue weighted by Gasteiger charge is -2.27. The summed E-state index contributed by atoms with van der Waals surface area (Å²) in [6.07, 6.45) is -0.338. The second kappa shape index (κ2) is 10.3. The van der Waals surface area contributed by atoms with E-state index in [4.69, 9.17) is 21.4 Å². The highest BCUT2D eigenvalue weighted by Crippen LogP contribution is 2.27. The first-order valence-electron chi connectivity index (χ1n) is 10.1. The van der Waals surface area contributed by atoms with Crippen LogP contribution in [-0.4, -0.2) is 53.4 Å². The van der Waals surface area contributed by atoms with E-state index >= 15 is 0 Å². The van der Waals surface area contributed by atoms with Crippen molar-refractivity contribution in [3.63, 3.8) is 0 Å². The number of nitrogens with zero attached hydrogens (tertiary/aromatic N) is 2. The van der Waals surface area contributed by atoms with Crippen molar-refractivity contribution in [3.05, 3.63) is 59.1 Å². The first-order chi connectivity index (χ1) is 15.3.